The molecule has 0 aromatic carbocycles. The summed E-state index contributed by atoms with van der Waals surface area (Å²) < 4.78 is 0. The summed E-state index contributed by atoms with van der Waals surface area (Å²) in [6.45, 7) is 8.86. The van der Waals surface area contributed by atoms with Crippen LogP contribution in [-0.4, -0.2) is 54.6 Å². The zero-order valence-corrected chi connectivity index (χ0v) is 26.5. The number of hydrogen-bond acceptors (Lipinski definition) is 5. The van der Waals surface area contributed by atoms with E-state index in [2.05, 4.69) is 42.0 Å². The molecule has 4 amide bonds. The largest absolute Gasteiger partial charge is 0.356 e. The Morgan fingerprint density at radius 2 is 0.927 bits per heavy atom. The van der Waals surface area contributed by atoms with E-state index >= 15 is 0 Å². The zero-order chi connectivity index (χ0) is 30.7. The summed E-state index contributed by atoms with van der Waals surface area (Å²) in [6.07, 6.45) is 15.1. The lowest BCUT2D eigenvalue weighted by atomic mass is 10.0. The Labute approximate surface area is 249 Å². The van der Waals surface area contributed by atoms with Crippen LogP contribution in [0.5, 0.6) is 0 Å². The quantitative estimate of drug-likeness (QED) is 0.0985. The molecule has 0 bridgehead atoms. The molecule has 9 nitrogen and oxygen atoms in total. The van der Waals surface area contributed by atoms with Crippen LogP contribution in [0.2, 0.25) is 0 Å². The fourth-order valence-electron chi connectivity index (χ4n) is 4.55. The fraction of sp³-hybridized carbons (Fsp3) is 0.844. The highest BCUT2D eigenvalue weighted by atomic mass is 16.2. The molecule has 0 aliphatic heterocycles. The summed E-state index contributed by atoms with van der Waals surface area (Å²) in [7, 11) is 0. The molecule has 0 fully saturated rings. The molecule has 41 heavy (non-hydrogen) atoms. The van der Waals surface area contributed by atoms with E-state index in [4.69, 9.17) is 0 Å². The monoisotopic (exact) mass is 580 g/mol. The topological polar surface area (TPSA) is 133 Å². The number of unbranched alkanes of at least 4 members (excludes halogenated alkanes) is 9. The van der Waals surface area contributed by atoms with E-state index in [1.54, 1.807) is 0 Å². The van der Waals surface area contributed by atoms with E-state index in [0.717, 1.165) is 70.6 Å². The molecular weight excluding hydrogens is 520 g/mol. The van der Waals surface area contributed by atoms with Gasteiger partial charge in [0.05, 0.1) is 6.04 Å². The lowest BCUT2D eigenvalue weighted by molar-refractivity contribution is -0.131. The number of Topliss-reactive ketones (excluding diaryl/α,β-unsaturated/α-hetero) is 1. The Balaban J connectivity index is 4.71. The molecule has 238 valence electrons. The van der Waals surface area contributed by atoms with Gasteiger partial charge < -0.3 is 21.3 Å². The minimum atomic E-state index is -0.724. The van der Waals surface area contributed by atoms with Gasteiger partial charge >= 0.3 is 0 Å². The van der Waals surface area contributed by atoms with E-state index in [-0.39, 0.29) is 29.4 Å². The molecule has 0 rings (SSSR count). The van der Waals surface area contributed by atoms with Crippen LogP contribution in [0.1, 0.15) is 150 Å². The smallest absolute Gasteiger partial charge is 0.243 e. The van der Waals surface area contributed by atoms with Crippen LogP contribution in [0.15, 0.2) is 0 Å². The Morgan fingerprint density at radius 3 is 1.41 bits per heavy atom. The maximum absolute atomic E-state index is 13.2. The van der Waals surface area contributed by atoms with E-state index in [9.17, 15) is 24.0 Å². The first-order valence-electron chi connectivity index (χ1n) is 16.4. The average molecular weight is 581 g/mol. The molecule has 4 N–H and O–H groups in total. The number of hydrogen-bond donors (Lipinski definition) is 4. The van der Waals surface area contributed by atoms with Crippen LogP contribution in [0, 0.1) is 0 Å². The van der Waals surface area contributed by atoms with Gasteiger partial charge in [-0.25, -0.2) is 0 Å². The molecule has 0 radical (unpaired) electrons. The molecule has 0 aliphatic rings. The number of carbonyl (C=O) groups excluding carboxylic acids is 5. The van der Waals surface area contributed by atoms with Gasteiger partial charge in [-0.15, -0.1) is 0 Å². The highest BCUT2D eigenvalue weighted by Gasteiger charge is 2.24. The summed E-state index contributed by atoms with van der Waals surface area (Å²) in [4.78, 5) is 61.8. The van der Waals surface area contributed by atoms with Crippen molar-refractivity contribution in [2.24, 2.45) is 0 Å². The second kappa shape index (κ2) is 26.4. The predicted molar refractivity (Wildman–Crippen MR) is 165 cm³/mol. The van der Waals surface area contributed by atoms with Crippen LogP contribution in [0.3, 0.4) is 0 Å². The zero-order valence-electron chi connectivity index (χ0n) is 26.5. The van der Waals surface area contributed by atoms with E-state index in [0.29, 0.717) is 64.5 Å². The van der Waals surface area contributed by atoms with Crippen molar-refractivity contribution in [3.63, 3.8) is 0 Å². The Bertz CT molecular complexity index is 744. The number of ketones is 1. The van der Waals surface area contributed by atoms with Gasteiger partial charge in [-0.3, -0.25) is 24.0 Å². The van der Waals surface area contributed by atoms with Gasteiger partial charge in [0.1, 0.15) is 6.04 Å². The van der Waals surface area contributed by atoms with Gasteiger partial charge in [0.2, 0.25) is 23.6 Å². The predicted octanol–water partition coefficient (Wildman–Crippen LogP) is 5.25. The first-order chi connectivity index (χ1) is 19.7. The number of nitrogens with one attached hydrogen (secondary N) is 4. The van der Waals surface area contributed by atoms with E-state index in [1.807, 2.05) is 0 Å². The molecular formula is C32H60N4O5. The van der Waals surface area contributed by atoms with Crippen LogP contribution in [-0.2, 0) is 24.0 Å². The number of rotatable bonds is 27. The van der Waals surface area contributed by atoms with Crippen molar-refractivity contribution in [2.45, 2.75) is 162 Å². The maximum Gasteiger partial charge on any atom is 0.243 e. The summed E-state index contributed by atoms with van der Waals surface area (Å²) >= 11 is 0. The average Bonchev–Trinajstić information content (AvgIpc) is 2.93. The van der Waals surface area contributed by atoms with Gasteiger partial charge in [0.25, 0.3) is 0 Å². The fourth-order valence-corrected chi connectivity index (χ4v) is 4.55. The van der Waals surface area contributed by atoms with Crippen molar-refractivity contribution < 1.29 is 24.0 Å². The molecule has 0 aromatic heterocycles. The van der Waals surface area contributed by atoms with Gasteiger partial charge in [-0.1, -0.05) is 65.7 Å². The van der Waals surface area contributed by atoms with Crippen molar-refractivity contribution in [2.75, 3.05) is 13.1 Å². The third kappa shape index (κ3) is 22.9. The van der Waals surface area contributed by atoms with Crippen LogP contribution >= 0.6 is 0 Å². The molecule has 9 heteroatoms. The first kappa shape index (κ1) is 38.5. The van der Waals surface area contributed by atoms with E-state index in [1.165, 1.54) is 6.92 Å². The van der Waals surface area contributed by atoms with Gasteiger partial charge in [-0.2, -0.15) is 0 Å². The van der Waals surface area contributed by atoms with E-state index < -0.39 is 12.1 Å². The summed E-state index contributed by atoms with van der Waals surface area (Å²) in [5.74, 6) is -0.526. The highest BCUT2D eigenvalue weighted by Crippen LogP contribution is 2.08. The summed E-state index contributed by atoms with van der Waals surface area (Å²) in [5.41, 5.74) is 0. The second-order valence-electron chi connectivity index (χ2n) is 11.2. The summed E-state index contributed by atoms with van der Waals surface area (Å²) in [5, 5.41) is 11.6. The molecule has 0 saturated heterocycles. The molecule has 2 atom stereocenters. The van der Waals surface area contributed by atoms with Gasteiger partial charge in [0, 0.05) is 32.4 Å². The Hall–Kier alpha value is -2.45. The molecule has 0 aromatic rings. The molecule has 0 saturated carbocycles. The van der Waals surface area contributed by atoms with Gasteiger partial charge in [-0.05, 0) is 64.7 Å². The third-order valence-electron chi connectivity index (χ3n) is 7.21. The van der Waals surface area contributed by atoms with Crippen molar-refractivity contribution >= 4 is 29.4 Å². The summed E-state index contributed by atoms with van der Waals surface area (Å²) in [6, 6.07) is -1.35. The third-order valence-corrected chi connectivity index (χ3v) is 7.21. The minimum Gasteiger partial charge on any atom is -0.356 e. The Kier molecular flexibility index (Phi) is 24.9. The first-order valence-corrected chi connectivity index (χ1v) is 16.4. The Morgan fingerprint density at radius 1 is 0.488 bits per heavy atom. The molecule has 2 unspecified atom stereocenters. The van der Waals surface area contributed by atoms with Crippen LogP contribution in [0.25, 0.3) is 0 Å². The second-order valence-corrected chi connectivity index (χ2v) is 11.2. The molecule has 0 heterocycles. The minimum absolute atomic E-state index is 0.0489. The van der Waals surface area contributed by atoms with Crippen molar-refractivity contribution in [3.05, 3.63) is 0 Å². The van der Waals surface area contributed by atoms with Crippen molar-refractivity contribution in [1.29, 1.82) is 0 Å². The van der Waals surface area contributed by atoms with Crippen molar-refractivity contribution in [3.8, 4) is 0 Å². The standard InChI is InChI=1S/C32H60N4O5/c1-5-8-11-14-22-30(39)34-24-17-15-19-27(26(4)37)36-32(41)28(35-31(40)23-13-10-7-3)20-16-18-25-33-29(38)21-12-9-6-2/h27-28H,5-25H2,1-4H3,(H,33,38)(H,34,39)(H,35,40)(H,36,41). The maximum atomic E-state index is 13.2. The van der Waals surface area contributed by atoms with Crippen LogP contribution < -0.4 is 21.3 Å². The lowest BCUT2D eigenvalue weighted by Gasteiger charge is -2.22. The highest BCUT2D eigenvalue weighted by molar-refractivity contribution is 5.92. The normalized spacial score (nSPS) is 12.3. The lowest BCUT2D eigenvalue weighted by Crippen LogP contribution is -2.51. The molecule has 0 spiro atoms. The van der Waals surface area contributed by atoms with Crippen LogP contribution in [0.4, 0.5) is 0 Å². The number of amides is 4. The molecule has 0 aliphatic carbocycles. The van der Waals surface area contributed by atoms with Gasteiger partial charge in [0.15, 0.2) is 5.78 Å². The number of carbonyl (C=O) groups is 5. The SMILES string of the molecule is CCCCCCC(=O)NCCCCC(NC(=O)C(CCCCNC(=O)CCCCC)NC(=O)CCCCC)C(C)=O. The van der Waals surface area contributed by atoms with Crippen molar-refractivity contribution in [1.82, 2.24) is 21.3 Å².